The predicted octanol–water partition coefficient (Wildman–Crippen LogP) is 3.91. The van der Waals surface area contributed by atoms with E-state index in [1.54, 1.807) is 0 Å². The Morgan fingerprint density at radius 1 is 1.05 bits per heavy atom. The van der Waals surface area contributed by atoms with E-state index in [1.807, 2.05) is 57.2 Å². The fourth-order valence-corrected chi connectivity index (χ4v) is 4.89. The molecule has 1 saturated heterocycles. The Morgan fingerprint density at radius 3 is 2.59 bits per heavy atom. The third-order valence-electron chi connectivity index (χ3n) is 6.72. The monoisotopic (exact) mass is 505 g/mol. The van der Waals surface area contributed by atoms with Gasteiger partial charge < -0.3 is 15.0 Å². The highest BCUT2D eigenvalue weighted by molar-refractivity contribution is 5.84. The Labute approximate surface area is 219 Å². The van der Waals surface area contributed by atoms with Gasteiger partial charge in [-0.1, -0.05) is 12.1 Å². The van der Waals surface area contributed by atoms with Crippen molar-refractivity contribution in [3.05, 3.63) is 52.8 Å². The molecule has 1 aliphatic heterocycles. The highest BCUT2D eigenvalue weighted by Crippen LogP contribution is 2.26. The van der Waals surface area contributed by atoms with Gasteiger partial charge in [0.15, 0.2) is 0 Å². The molecule has 1 aromatic heterocycles. The van der Waals surface area contributed by atoms with Crippen LogP contribution in [-0.2, 0) is 11.3 Å². The lowest BCUT2D eigenvalue weighted by atomic mass is 10.1. The number of hydrogen-bond acceptors (Lipinski definition) is 6. The summed E-state index contributed by atoms with van der Waals surface area (Å²) in [6.45, 7) is 14.5. The highest BCUT2D eigenvalue weighted by atomic mass is 16.5. The van der Waals surface area contributed by atoms with E-state index >= 15 is 0 Å². The summed E-state index contributed by atoms with van der Waals surface area (Å²) in [5, 5.41) is 3.41. The van der Waals surface area contributed by atoms with E-state index in [9.17, 15) is 9.59 Å². The van der Waals surface area contributed by atoms with Gasteiger partial charge in [-0.05, 0) is 71.4 Å². The molecule has 0 unspecified atom stereocenters. The van der Waals surface area contributed by atoms with Crippen molar-refractivity contribution in [2.24, 2.45) is 0 Å². The summed E-state index contributed by atoms with van der Waals surface area (Å²) >= 11 is 0. The van der Waals surface area contributed by atoms with E-state index in [4.69, 9.17) is 9.72 Å². The number of ether oxygens (including phenoxy) is 1. The van der Waals surface area contributed by atoms with E-state index in [0.717, 1.165) is 43.9 Å². The zero-order chi connectivity index (χ0) is 26.5. The molecule has 1 N–H and O–H groups in total. The number of benzene rings is 2. The summed E-state index contributed by atoms with van der Waals surface area (Å²) in [5.74, 6) is 0.922. The quantitative estimate of drug-likeness (QED) is 0.500. The molecule has 198 valence electrons. The number of hydrogen-bond donors (Lipinski definition) is 1. The van der Waals surface area contributed by atoms with Gasteiger partial charge in [-0.25, -0.2) is 4.98 Å². The first-order valence-electron chi connectivity index (χ1n) is 13.3. The molecular weight excluding hydrogens is 466 g/mol. The molecule has 8 heteroatoms. The number of rotatable bonds is 8. The van der Waals surface area contributed by atoms with Crippen LogP contribution in [0.2, 0.25) is 0 Å². The molecule has 4 rings (SSSR count). The van der Waals surface area contributed by atoms with Crippen molar-refractivity contribution in [2.75, 3.05) is 37.7 Å². The maximum atomic E-state index is 13.9. The van der Waals surface area contributed by atoms with Gasteiger partial charge in [0.1, 0.15) is 18.1 Å². The van der Waals surface area contributed by atoms with Crippen LogP contribution in [-0.4, -0.2) is 65.2 Å². The summed E-state index contributed by atoms with van der Waals surface area (Å²) in [4.78, 5) is 36.4. The first-order valence-corrected chi connectivity index (χ1v) is 13.3. The van der Waals surface area contributed by atoms with Gasteiger partial charge in [0.25, 0.3) is 5.56 Å². The summed E-state index contributed by atoms with van der Waals surface area (Å²) in [7, 11) is 0. The summed E-state index contributed by atoms with van der Waals surface area (Å²) in [5.41, 5.74) is 2.14. The van der Waals surface area contributed by atoms with Crippen LogP contribution in [0, 0.1) is 0 Å². The van der Waals surface area contributed by atoms with Crippen molar-refractivity contribution in [3.8, 4) is 17.1 Å². The number of nitrogens with zero attached hydrogens (tertiary/aromatic N) is 4. The first-order chi connectivity index (χ1) is 17.8. The number of amides is 1. The molecule has 1 fully saturated rings. The maximum Gasteiger partial charge on any atom is 0.262 e. The van der Waals surface area contributed by atoms with Crippen LogP contribution >= 0.6 is 0 Å². The van der Waals surface area contributed by atoms with Gasteiger partial charge in [0.05, 0.1) is 17.5 Å². The van der Waals surface area contributed by atoms with Crippen molar-refractivity contribution in [3.63, 3.8) is 0 Å². The van der Waals surface area contributed by atoms with Crippen molar-refractivity contribution >= 4 is 22.5 Å². The molecule has 8 nitrogen and oxygen atoms in total. The summed E-state index contributed by atoms with van der Waals surface area (Å²) < 4.78 is 7.16. The minimum Gasteiger partial charge on any atom is -0.494 e. The number of carbonyl (C=O) groups excluding carboxylic acids is 1. The van der Waals surface area contributed by atoms with Gasteiger partial charge >= 0.3 is 0 Å². The van der Waals surface area contributed by atoms with E-state index in [1.165, 1.54) is 4.57 Å². The Balaban J connectivity index is 1.78. The Kier molecular flexibility index (Phi) is 8.48. The zero-order valence-electron chi connectivity index (χ0n) is 22.7. The number of nitrogens with one attached hydrogen (secondary N) is 1. The van der Waals surface area contributed by atoms with Gasteiger partial charge in [0.2, 0.25) is 5.91 Å². The third kappa shape index (κ3) is 6.31. The molecule has 0 aliphatic carbocycles. The number of anilines is 1. The van der Waals surface area contributed by atoms with E-state index < -0.39 is 0 Å². The van der Waals surface area contributed by atoms with Gasteiger partial charge in [-0.15, -0.1) is 0 Å². The molecule has 0 atom stereocenters. The molecule has 0 radical (unpaired) electrons. The lowest BCUT2D eigenvalue weighted by molar-refractivity contribution is -0.122. The molecule has 2 aromatic carbocycles. The second-order valence-electron chi connectivity index (χ2n) is 10.2. The van der Waals surface area contributed by atoms with Crippen molar-refractivity contribution < 1.29 is 9.53 Å². The molecule has 1 aliphatic rings. The molecule has 2 heterocycles. The highest BCUT2D eigenvalue weighted by Gasteiger charge is 2.20. The zero-order valence-corrected chi connectivity index (χ0v) is 22.7. The van der Waals surface area contributed by atoms with Crippen LogP contribution in [0.4, 0.5) is 5.69 Å². The second kappa shape index (κ2) is 11.8. The topological polar surface area (TPSA) is 79.7 Å². The smallest absolute Gasteiger partial charge is 0.262 e. The molecule has 0 bridgehead atoms. The van der Waals surface area contributed by atoms with Crippen molar-refractivity contribution in [1.29, 1.82) is 0 Å². The van der Waals surface area contributed by atoms with E-state index in [0.29, 0.717) is 35.1 Å². The second-order valence-corrected chi connectivity index (χ2v) is 10.2. The molecule has 1 amide bonds. The van der Waals surface area contributed by atoms with Gasteiger partial charge in [-0.2, -0.15) is 0 Å². The van der Waals surface area contributed by atoms with Crippen LogP contribution in [0.15, 0.2) is 47.3 Å². The fourth-order valence-electron chi connectivity index (χ4n) is 4.89. The van der Waals surface area contributed by atoms with Crippen molar-refractivity contribution in [1.82, 2.24) is 19.8 Å². The molecular formula is C29H39N5O3. The summed E-state index contributed by atoms with van der Waals surface area (Å²) in [6, 6.07) is 13.9. The van der Waals surface area contributed by atoms with Crippen molar-refractivity contribution in [2.45, 2.75) is 59.7 Å². The van der Waals surface area contributed by atoms with Crippen LogP contribution in [0.3, 0.4) is 0 Å². The molecule has 0 spiro atoms. The third-order valence-corrected chi connectivity index (χ3v) is 6.72. The van der Waals surface area contributed by atoms with Crippen LogP contribution in [0.1, 0.15) is 41.0 Å². The van der Waals surface area contributed by atoms with Gasteiger partial charge in [0, 0.05) is 49.5 Å². The molecule has 37 heavy (non-hydrogen) atoms. The fraction of sp³-hybridized carbons (Fsp3) is 0.483. The Bertz CT molecular complexity index is 1300. The predicted molar refractivity (Wildman–Crippen MR) is 149 cm³/mol. The number of carbonyl (C=O) groups is 1. The SMILES string of the molecule is CCOc1cccc(-c2nc3ccc(N4CCCN(C(C)C)CC4)cc3c(=O)n2CC(=O)NC(C)C)c1. The van der Waals surface area contributed by atoms with Crippen LogP contribution in [0.5, 0.6) is 5.75 Å². The normalized spacial score (nSPS) is 14.8. The van der Waals surface area contributed by atoms with E-state index in [2.05, 4.69) is 35.0 Å². The number of aromatic nitrogens is 2. The lowest BCUT2D eigenvalue weighted by Gasteiger charge is -2.26. The summed E-state index contributed by atoms with van der Waals surface area (Å²) in [6.07, 6.45) is 1.07. The average molecular weight is 506 g/mol. The first kappa shape index (κ1) is 26.7. The standard InChI is InChI=1S/C29H39N5O3/c1-6-37-24-10-7-9-22(17-24)28-31-26-12-11-23(33-14-8-13-32(15-16-33)21(4)5)18-25(26)29(36)34(28)19-27(35)30-20(2)3/h7,9-12,17-18,20-21H,6,8,13-16,19H2,1-5H3,(H,30,35). The van der Waals surface area contributed by atoms with Crippen LogP contribution < -0.4 is 20.5 Å². The Morgan fingerprint density at radius 2 is 1.86 bits per heavy atom. The minimum atomic E-state index is -0.224. The molecule has 0 saturated carbocycles. The molecule has 3 aromatic rings. The lowest BCUT2D eigenvalue weighted by Crippen LogP contribution is -2.37. The minimum absolute atomic E-state index is 0.0265. The van der Waals surface area contributed by atoms with E-state index in [-0.39, 0.29) is 24.1 Å². The average Bonchev–Trinajstić information content (AvgIpc) is 3.12. The van der Waals surface area contributed by atoms with Gasteiger partial charge in [-0.3, -0.25) is 19.1 Å². The maximum absolute atomic E-state index is 13.9. The largest absolute Gasteiger partial charge is 0.494 e. The number of fused-ring (bicyclic) bond motifs is 1. The Hall–Kier alpha value is -3.39. The van der Waals surface area contributed by atoms with Crippen LogP contribution in [0.25, 0.3) is 22.3 Å².